The number of amides is 1. The Morgan fingerprint density at radius 2 is 1.94 bits per heavy atom. The van der Waals surface area contributed by atoms with Crippen LogP contribution in [0.5, 0.6) is 0 Å². The van der Waals surface area contributed by atoms with Gasteiger partial charge in [0.25, 0.3) is 0 Å². The van der Waals surface area contributed by atoms with Gasteiger partial charge in [-0.05, 0) is 31.0 Å². The Balaban J connectivity index is 1.35. The highest BCUT2D eigenvalue weighted by Gasteiger charge is 2.21. The van der Waals surface area contributed by atoms with Crippen LogP contribution >= 0.6 is 0 Å². The highest BCUT2D eigenvalue weighted by atomic mass is 16.5. The molecule has 1 aromatic heterocycles. The largest absolute Gasteiger partial charge is 0.357 e. The molecule has 0 unspecified atom stereocenters. The third-order valence-electron chi connectivity index (χ3n) is 5.14. The molecule has 4 rings (SSSR count). The van der Waals surface area contributed by atoms with Gasteiger partial charge >= 0.3 is 0 Å². The molecule has 0 spiro atoms. The third-order valence-corrected chi connectivity index (χ3v) is 5.14. The number of anilines is 1. The molecular formula is C24H27N5O2. The molecule has 2 N–H and O–H groups in total. The summed E-state index contributed by atoms with van der Waals surface area (Å²) < 4.78 is 5.45. The topological polar surface area (TPSA) is 82.8 Å². The number of aliphatic imine (C=N–C) groups is 1. The molecule has 0 radical (unpaired) electrons. The summed E-state index contributed by atoms with van der Waals surface area (Å²) in [6, 6.07) is 19.9. The molecule has 1 aliphatic heterocycles. The number of hydrogen-bond acceptors (Lipinski definition) is 4. The zero-order chi connectivity index (χ0) is 21.5. The second-order valence-corrected chi connectivity index (χ2v) is 7.41. The van der Waals surface area contributed by atoms with Gasteiger partial charge in [0, 0.05) is 36.8 Å². The first-order valence-corrected chi connectivity index (χ1v) is 10.7. The minimum Gasteiger partial charge on any atom is -0.357 e. The minimum absolute atomic E-state index is 0.202. The van der Waals surface area contributed by atoms with Crippen LogP contribution in [0.2, 0.25) is 0 Å². The summed E-state index contributed by atoms with van der Waals surface area (Å²) in [7, 11) is 0. The molecule has 2 heterocycles. The molecule has 1 fully saturated rings. The van der Waals surface area contributed by atoms with E-state index in [1.165, 1.54) is 0 Å². The summed E-state index contributed by atoms with van der Waals surface area (Å²) in [5.74, 6) is 1.66. The van der Waals surface area contributed by atoms with Gasteiger partial charge in [0.15, 0.2) is 11.7 Å². The van der Waals surface area contributed by atoms with Crippen LogP contribution in [0.25, 0.3) is 11.3 Å². The molecule has 7 nitrogen and oxygen atoms in total. The summed E-state index contributed by atoms with van der Waals surface area (Å²) in [6.07, 6.45) is 1.57. The highest BCUT2D eigenvalue weighted by Crippen LogP contribution is 2.22. The van der Waals surface area contributed by atoms with Crippen molar-refractivity contribution < 1.29 is 9.32 Å². The summed E-state index contributed by atoms with van der Waals surface area (Å²) >= 11 is 0. The van der Waals surface area contributed by atoms with Gasteiger partial charge in [-0.2, -0.15) is 0 Å². The van der Waals surface area contributed by atoms with Crippen LogP contribution in [0.1, 0.15) is 31.0 Å². The van der Waals surface area contributed by atoms with Gasteiger partial charge < -0.3 is 20.1 Å². The van der Waals surface area contributed by atoms with Crippen molar-refractivity contribution in [3.8, 4) is 11.3 Å². The zero-order valence-electron chi connectivity index (χ0n) is 17.7. The number of carbonyl (C=O) groups excluding carboxylic acids is 1. The number of benzene rings is 2. The maximum absolute atomic E-state index is 11.9. The summed E-state index contributed by atoms with van der Waals surface area (Å²) in [5, 5.41) is 10.7. The number of hydrogen-bond donors (Lipinski definition) is 2. The van der Waals surface area contributed by atoms with E-state index in [1.807, 2.05) is 72.5 Å². The molecule has 1 amide bonds. The smallest absolute Gasteiger partial charge is 0.227 e. The second-order valence-electron chi connectivity index (χ2n) is 7.41. The molecule has 1 saturated heterocycles. The van der Waals surface area contributed by atoms with E-state index in [1.54, 1.807) is 0 Å². The maximum atomic E-state index is 11.9. The summed E-state index contributed by atoms with van der Waals surface area (Å²) in [5.41, 5.74) is 3.85. The molecule has 7 heteroatoms. The average Bonchev–Trinajstić information content (AvgIpc) is 3.46. The molecule has 31 heavy (non-hydrogen) atoms. The number of nitrogens with zero attached hydrogens (tertiary/aromatic N) is 3. The molecule has 1 aliphatic rings. The highest BCUT2D eigenvalue weighted by molar-refractivity contribution is 5.95. The van der Waals surface area contributed by atoms with Gasteiger partial charge in [-0.1, -0.05) is 47.6 Å². The number of nitrogens with one attached hydrogen (secondary N) is 2. The SMILES string of the molecule is CCNC(=NCc1ccc(N2CCCC2=O)cc1)NCc1cc(-c2ccccc2)on1. The van der Waals surface area contributed by atoms with Crippen molar-refractivity contribution in [3.63, 3.8) is 0 Å². The number of aromatic nitrogens is 1. The fourth-order valence-electron chi connectivity index (χ4n) is 3.52. The Morgan fingerprint density at radius 3 is 2.65 bits per heavy atom. The van der Waals surface area contributed by atoms with Crippen molar-refractivity contribution in [2.24, 2.45) is 4.99 Å². The lowest BCUT2D eigenvalue weighted by atomic mass is 10.2. The van der Waals surface area contributed by atoms with Crippen LogP contribution in [0.4, 0.5) is 5.69 Å². The third kappa shape index (κ3) is 5.31. The van der Waals surface area contributed by atoms with E-state index in [0.29, 0.717) is 25.5 Å². The second kappa shape index (κ2) is 9.93. The van der Waals surface area contributed by atoms with E-state index in [-0.39, 0.29) is 5.91 Å². The quantitative estimate of drug-likeness (QED) is 0.452. The van der Waals surface area contributed by atoms with Crippen LogP contribution < -0.4 is 15.5 Å². The fraction of sp³-hybridized carbons (Fsp3) is 0.292. The maximum Gasteiger partial charge on any atom is 0.227 e. The van der Waals surface area contributed by atoms with Gasteiger partial charge in [-0.25, -0.2) is 4.99 Å². The lowest BCUT2D eigenvalue weighted by Gasteiger charge is -2.15. The molecule has 2 aromatic carbocycles. The van der Waals surface area contributed by atoms with Crippen molar-refractivity contribution in [2.45, 2.75) is 32.9 Å². The molecule has 160 valence electrons. The first-order chi connectivity index (χ1) is 15.2. The number of guanidine groups is 1. The van der Waals surface area contributed by atoms with E-state index in [0.717, 1.165) is 47.8 Å². The molecule has 0 bridgehead atoms. The molecular weight excluding hydrogens is 390 g/mol. The van der Waals surface area contributed by atoms with Crippen LogP contribution in [0.15, 0.2) is 70.2 Å². The van der Waals surface area contributed by atoms with Crippen molar-refractivity contribution in [3.05, 3.63) is 71.9 Å². The molecule has 3 aromatic rings. The first-order valence-electron chi connectivity index (χ1n) is 10.7. The Morgan fingerprint density at radius 1 is 1.13 bits per heavy atom. The normalized spacial score (nSPS) is 14.2. The Hall–Kier alpha value is -3.61. The van der Waals surface area contributed by atoms with E-state index in [2.05, 4.69) is 20.8 Å². The van der Waals surface area contributed by atoms with Crippen molar-refractivity contribution in [2.75, 3.05) is 18.0 Å². The minimum atomic E-state index is 0.202. The predicted molar refractivity (Wildman–Crippen MR) is 122 cm³/mol. The van der Waals surface area contributed by atoms with E-state index >= 15 is 0 Å². The van der Waals surface area contributed by atoms with E-state index < -0.39 is 0 Å². The molecule has 0 atom stereocenters. The average molecular weight is 418 g/mol. The first kappa shape index (κ1) is 20.7. The van der Waals surface area contributed by atoms with Gasteiger partial charge in [0.1, 0.15) is 5.69 Å². The Labute approximate surface area is 182 Å². The van der Waals surface area contributed by atoms with Crippen molar-refractivity contribution >= 4 is 17.6 Å². The Bertz CT molecular complexity index is 1030. The van der Waals surface area contributed by atoms with Crippen LogP contribution in [0, 0.1) is 0 Å². The summed E-state index contributed by atoms with van der Waals surface area (Å²) in [4.78, 5) is 18.4. The number of rotatable bonds is 7. The van der Waals surface area contributed by atoms with Crippen LogP contribution in [-0.2, 0) is 17.9 Å². The zero-order valence-corrected chi connectivity index (χ0v) is 17.7. The van der Waals surface area contributed by atoms with Crippen molar-refractivity contribution in [1.82, 2.24) is 15.8 Å². The van der Waals surface area contributed by atoms with Gasteiger partial charge in [0.2, 0.25) is 5.91 Å². The monoisotopic (exact) mass is 417 g/mol. The lowest BCUT2D eigenvalue weighted by Crippen LogP contribution is -2.36. The van der Waals surface area contributed by atoms with Crippen LogP contribution in [-0.4, -0.2) is 30.1 Å². The fourth-order valence-corrected chi connectivity index (χ4v) is 3.52. The summed E-state index contributed by atoms with van der Waals surface area (Å²) in [6.45, 7) is 4.65. The standard InChI is InChI=1S/C24H27N5O2/c1-2-25-24(27-17-20-15-22(31-28-20)19-7-4-3-5-8-19)26-16-18-10-12-21(13-11-18)29-14-6-9-23(29)30/h3-5,7-8,10-13,15H,2,6,9,14,16-17H2,1H3,(H2,25,26,27). The van der Waals surface area contributed by atoms with E-state index in [4.69, 9.17) is 4.52 Å². The Kier molecular flexibility index (Phi) is 6.62. The van der Waals surface area contributed by atoms with E-state index in [9.17, 15) is 4.79 Å². The van der Waals surface area contributed by atoms with Gasteiger partial charge in [0.05, 0.1) is 13.1 Å². The van der Waals surface area contributed by atoms with Gasteiger partial charge in [-0.15, -0.1) is 0 Å². The molecule has 0 saturated carbocycles. The lowest BCUT2D eigenvalue weighted by molar-refractivity contribution is -0.117. The van der Waals surface area contributed by atoms with Crippen molar-refractivity contribution in [1.29, 1.82) is 0 Å². The molecule has 0 aliphatic carbocycles. The predicted octanol–water partition coefficient (Wildman–Crippen LogP) is 3.72. The van der Waals surface area contributed by atoms with Crippen LogP contribution in [0.3, 0.4) is 0 Å². The van der Waals surface area contributed by atoms with Gasteiger partial charge in [-0.3, -0.25) is 4.79 Å². The number of carbonyl (C=O) groups is 1.